The smallest absolute Gasteiger partial charge is 0.140 e. The average molecular weight is 289 g/mol. The Balaban J connectivity index is 2.78. The van der Waals surface area contributed by atoms with Crippen LogP contribution in [0.3, 0.4) is 0 Å². The predicted molar refractivity (Wildman–Crippen MR) is 91.6 cm³/mol. The number of hydrogen-bond acceptors (Lipinski definition) is 1. The van der Waals surface area contributed by atoms with Gasteiger partial charge in [-0.2, -0.15) is 0 Å². The van der Waals surface area contributed by atoms with Gasteiger partial charge in [0.05, 0.1) is 5.38 Å². The highest BCUT2D eigenvalue weighted by molar-refractivity contribution is 6.94. The Bertz CT molecular complexity index is 571. The lowest BCUT2D eigenvalue weighted by atomic mass is 10.2. The summed E-state index contributed by atoms with van der Waals surface area (Å²) in [5, 5.41) is 2.63. The molecular weight excluding hydrogens is 260 g/mol. The zero-order valence-corrected chi connectivity index (χ0v) is 14.9. The van der Waals surface area contributed by atoms with Gasteiger partial charge < -0.3 is 4.42 Å². The summed E-state index contributed by atoms with van der Waals surface area (Å²) in [6, 6.07) is 8.47. The molecular formula is C18H28OSi. The summed E-state index contributed by atoms with van der Waals surface area (Å²) in [5.74, 6) is 0. The zero-order valence-electron chi connectivity index (χ0n) is 13.9. The lowest BCUT2D eigenvalue weighted by molar-refractivity contribution is 0.631. The third kappa shape index (κ3) is 2.05. The molecule has 2 heteroatoms. The highest BCUT2D eigenvalue weighted by Gasteiger charge is 2.48. The van der Waals surface area contributed by atoms with Gasteiger partial charge in [0, 0.05) is 5.39 Å². The van der Waals surface area contributed by atoms with Gasteiger partial charge in [-0.15, -0.1) is 0 Å². The Kier molecular flexibility index (Phi) is 4.15. The first-order valence-electron chi connectivity index (χ1n) is 7.82. The molecule has 0 saturated heterocycles. The summed E-state index contributed by atoms with van der Waals surface area (Å²) in [6.45, 7) is 16.6. The molecule has 0 unspecified atom stereocenters. The lowest BCUT2D eigenvalue weighted by Crippen LogP contribution is -2.55. The summed E-state index contributed by atoms with van der Waals surface area (Å²) < 4.78 is 6.41. The number of hydrogen-bond donors (Lipinski definition) is 0. The predicted octanol–water partition coefficient (Wildman–Crippen LogP) is 5.63. The Morgan fingerprint density at radius 3 is 1.80 bits per heavy atom. The van der Waals surface area contributed by atoms with Gasteiger partial charge in [-0.1, -0.05) is 59.7 Å². The highest BCUT2D eigenvalue weighted by Crippen LogP contribution is 2.42. The first-order valence-corrected chi connectivity index (χ1v) is 10.0. The second-order valence-corrected chi connectivity index (χ2v) is 12.7. The second-order valence-electron chi connectivity index (χ2n) is 6.95. The fourth-order valence-electron chi connectivity index (χ4n) is 4.37. The molecule has 110 valence electrons. The van der Waals surface area contributed by atoms with Crippen molar-refractivity contribution in [2.24, 2.45) is 0 Å². The summed E-state index contributed by atoms with van der Waals surface area (Å²) in [5.41, 5.74) is 4.48. The van der Waals surface area contributed by atoms with Crippen LogP contribution in [0.1, 0.15) is 47.1 Å². The molecule has 1 nitrogen and oxygen atoms in total. The van der Waals surface area contributed by atoms with E-state index in [9.17, 15) is 0 Å². The van der Waals surface area contributed by atoms with Gasteiger partial charge >= 0.3 is 0 Å². The van der Waals surface area contributed by atoms with Crippen molar-refractivity contribution in [1.29, 1.82) is 0 Å². The van der Waals surface area contributed by atoms with Crippen LogP contribution >= 0.6 is 0 Å². The summed E-state index contributed by atoms with van der Waals surface area (Å²) in [7, 11) is -1.70. The van der Waals surface area contributed by atoms with Gasteiger partial charge in [0.2, 0.25) is 0 Å². The van der Waals surface area contributed by atoms with Crippen molar-refractivity contribution in [2.75, 3.05) is 0 Å². The number of fused-ring (bicyclic) bond motifs is 1. The Labute approximate surface area is 124 Å². The maximum absolute atomic E-state index is 6.41. The lowest BCUT2D eigenvalue weighted by Gasteiger charge is -2.41. The average Bonchev–Trinajstić information content (AvgIpc) is 2.67. The Hall–Kier alpha value is -1.02. The quantitative estimate of drug-likeness (QED) is 0.665. The fourth-order valence-corrected chi connectivity index (χ4v) is 11.0. The normalized spacial score (nSPS) is 13.1. The number of para-hydroxylation sites is 1. The van der Waals surface area contributed by atoms with Gasteiger partial charge in [0.1, 0.15) is 13.7 Å². The first-order chi connectivity index (χ1) is 9.33. The molecule has 2 rings (SSSR count). The van der Waals surface area contributed by atoms with Crippen LogP contribution in [0.4, 0.5) is 0 Å². The SMILES string of the molecule is Cc1c([Si](C(C)C)(C(C)C)C(C)C)oc2ccccc12. The van der Waals surface area contributed by atoms with E-state index in [0.717, 1.165) is 5.58 Å². The maximum Gasteiger partial charge on any atom is 0.140 e. The molecule has 0 N–H and O–H groups in total. The van der Waals surface area contributed by atoms with Crippen molar-refractivity contribution in [3.05, 3.63) is 29.8 Å². The topological polar surface area (TPSA) is 13.1 Å². The molecule has 0 aliphatic rings. The maximum atomic E-state index is 6.41. The second kappa shape index (κ2) is 5.40. The van der Waals surface area contributed by atoms with E-state index < -0.39 is 8.07 Å². The van der Waals surface area contributed by atoms with Crippen molar-refractivity contribution in [2.45, 2.75) is 65.1 Å². The summed E-state index contributed by atoms with van der Waals surface area (Å²) in [4.78, 5) is 0. The van der Waals surface area contributed by atoms with Crippen LogP contribution in [0.5, 0.6) is 0 Å². The van der Waals surface area contributed by atoms with Crippen molar-refractivity contribution in [1.82, 2.24) is 0 Å². The van der Waals surface area contributed by atoms with Crippen LogP contribution in [0.2, 0.25) is 16.6 Å². The van der Waals surface area contributed by atoms with E-state index in [0.29, 0.717) is 16.6 Å². The van der Waals surface area contributed by atoms with E-state index in [-0.39, 0.29) is 0 Å². The molecule has 1 aromatic carbocycles. The van der Waals surface area contributed by atoms with Crippen LogP contribution in [-0.2, 0) is 0 Å². The molecule has 0 radical (unpaired) electrons. The van der Waals surface area contributed by atoms with Crippen LogP contribution in [0.15, 0.2) is 28.7 Å². The van der Waals surface area contributed by atoms with Crippen LogP contribution in [0, 0.1) is 6.92 Å². The van der Waals surface area contributed by atoms with Gasteiger partial charge in [0.25, 0.3) is 0 Å². The Morgan fingerprint density at radius 1 is 0.850 bits per heavy atom. The number of furan rings is 1. The molecule has 0 aliphatic carbocycles. The number of rotatable bonds is 4. The number of aryl methyl sites for hydroxylation is 1. The van der Waals surface area contributed by atoms with Crippen LogP contribution in [0.25, 0.3) is 11.0 Å². The van der Waals surface area contributed by atoms with Crippen molar-refractivity contribution >= 4 is 24.4 Å². The third-order valence-electron chi connectivity index (χ3n) is 5.10. The van der Waals surface area contributed by atoms with Crippen LogP contribution in [-0.4, -0.2) is 8.07 Å². The minimum atomic E-state index is -1.70. The van der Waals surface area contributed by atoms with E-state index in [2.05, 4.69) is 72.7 Å². The molecule has 0 aliphatic heterocycles. The molecule has 2 aromatic rings. The molecule has 0 bridgehead atoms. The molecule has 0 atom stereocenters. The van der Waals surface area contributed by atoms with Crippen LogP contribution < -0.4 is 5.38 Å². The largest absolute Gasteiger partial charge is 0.466 e. The molecule has 20 heavy (non-hydrogen) atoms. The minimum Gasteiger partial charge on any atom is -0.466 e. The standard InChI is InChI=1S/C18H28OSi/c1-12(2)20(13(3)4,14(5)6)18-15(7)16-10-8-9-11-17(16)19-18/h8-14H,1-7H3. The highest BCUT2D eigenvalue weighted by atomic mass is 28.3. The van der Waals surface area contributed by atoms with Crippen molar-refractivity contribution < 1.29 is 4.42 Å². The zero-order chi connectivity index (χ0) is 15.1. The first kappa shape index (κ1) is 15.4. The van der Waals surface area contributed by atoms with E-state index >= 15 is 0 Å². The molecule has 0 spiro atoms. The molecule has 0 saturated carbocycles. The molecule has 0 fully saturated rings. The summed E-state index contributed by atoms with van der Waals surface area (Å²) >= 11 is 0. The molecule has 1 aromatic heterocycles. The van der Waals surface area contributed by atoms with Gasteiger partial charge in [-0.05, 0) is 35.2 Å². The van der Waals surface area contributed by atoms with Gasteiger partial charge in [0.15, 0.2) is 0 Å². The summed E-state index contributed by atoms with van der Waals surface area (Å²) in [6.07, 6.45) is 0. The van der Waals surface area contributed by atoms with Crippen molar-refractivity contribution in [3.63, 3.8) is 0 Å². The molecule has 1 heterocycles. The number of benzene rings is 1. The van der Waals surface area contributed by atoms with E-state index in [1.54, 1.807) is 0 Å². The molecule has 0 amide bonds. The Morgan fingerprint density at radius 2 is 1.35 bits per heavy atom. The van der Waals surface area contributed by atoms with Gasteiger partial charge in [-0.25, -0.2) is 0 Å². The van der Waals surface area contributed by atoms with E-state index in [1.807, 2.05) is 0 Å². The third-order valence-corrected chi connectivity index (χ3v) is 12.1. The van der Waals surface area contributed by atoms with E-state index in [4.69, 9.17) is 4.42 Å². The van der Waals surface area contributed by atoms with E-state index in [1.165, 1.54) is 16.3 Å². The minimum absolute atomic E-state index is 0.682. The van der Waals surface area contributed by atoms with Crippen molar-refractivity contribution in [3.8, 4) is 0 Å². The van der Waals surface area contributed by atoms with Gasteiger partial charge in [-0.3, -0.25) is 0 Å². The fraction of sp³-hybridized carbons (Fsp3) is 0.556. The monoisotopic (exact) mass is 288 g/mol.